The van der Waals surface area contributed by atoms with Crippen molar-refractivity contribution >= 4 is 32.4 Å². The first-order valence-electron chi connectivity index (χ1n) is 8.51. The number of amides is 2. The highest BCUT2D eigenvalue weighted by molar-refractivity contribution is 8.01. The lowest BCUT2D eigenvalue weighted by molar-refractivity contribution is -0.160. The van der Waals surface area contributed by atoms with E-state index in [4.69, 9.17) is 4.74 Å². The van der Waals surface area contributed by atoms with Crippen LogP contribution in [0.3, 0.4) is 0 Å². The van der Waals surface area contributed by atoms with Gasteiger partial charge in [-0.25, -0.2) is 0 Å². The number of rotatable bonds is 6. The first kappa shape index (κ1) is 19.8. The van der Waals surface area contributed by atoms with Crippen molar-refractivity contribution in [1.29, 1.82) is 0 Å². The van der Waals surface area contributed by atoms with Gasteiger partial charge in [0.25, 0.3) is 11.8 Å². The van der Waals surface area contributed by atoms with E-state index in [-0.39, 0.29) is 29.6 Å². The van der Waals surface area contributed by atoms with E-state index in [1.54, 1.807) is 12.1 Å². The van der Waals surface area contributed by atoms with Gasteiger partial charge in [-0.05, 0) is 39.2 Å². The monoisotopic (exact) mass is 380 g/mol. The minimum atomic E-state index is -1.23. The predicted molar refractivity (Wildman–Crippen MR) is 106 cm³/mol. The number of nitrogens with one attached hydrogen (secondary N) is 1. The Labute approximate surface area is 156 Å². The molecule has 1 aromatic carbocycles. The summed E-state index contributed by atoms with van der Waals surface area (Å²) in [5.74, 6) is 0.369. The van der Waals surface area contributed by atoms with Gasteiger partial charge in [-0.3, -0.25) is 9.59 Å². The molecule has 2 amide bonds. The molecule has 0 bridgehead atoms. The number of β-lactam (4-membered cyclic amide) rings is 1. The molecule has 1 heterocycles. The van der Waals surface area contributed by atoms with Crippen molar-refractivity contribution in [3.05, 3.63) is 30.3 Å². The average Bonchev–Trinajstić information content (AvgIpc) is 2.54. The molecule has 2 rings (SSSR count). The fourth-order valence-corrected chi connectivity index (χ4v) is 7.74. The molecule has 1 aromatic rings. The third-order valence-corrected chi connectivity index (χ3v) is 7.81. The smallest absolute Gasteiger partial charge is 0.261 e. The second kappa shape index (κ2) is 7.41. The van der Waals surface area contributed by atoms with Gasteiger partial charge in [0, 0.05) is 5.54 Å². The standard InChI is InChI=1S/C18H28N2O3SSi/c1-17(2,3)20-15(22)18(24-4,16(20)25(5)6)19-14(21)12-23-13-10-8-7-9-11-13/h7-11,16,25H,12H2,1-6H3,(H,19,21). The SMILES string of the molecule is CSC1(NC(=O)COc2ccccc2)C(=O)N(C(C)(C)C)C1[SiH](C)C. The van der Waals surface area contributed by atoms with E-state index in [1.807, 2.05) is 50.1 Å². The van der Waals surface area contributed by atoms with Gasteiger partial charge in [-0.2, -0.15) is 0 Å². The maximum atomic E-state index is 13.0. The summed E-state index contributed by atoms with van der Waals surface area (Å²) in [5.41, 5.74) is -0.167. The maximum Gasteiger partial charge on any atom is 0.261 e. The Hall–Kier alpha value is -1.47. The van der Waals surface area contributed by atoms with Gasteiger partial charge < -0.3 is 15.0 Å². The summed E-state index contributed by atoms with van der Waals surface area (Å²) in [6, 6.07) is 9.21. The van der Waals surface area contributed by atoms with Crippen LogP contribution in [-0.2, 0) is 9.59 Å². The first-order chi connectivity index (χ1) is 11.6. The Morgan fingerprint density at radius 3 is 2.40 bits per heavy atom. The van der Waals surface area contributed by atoms with Crippen molar-refractivity contribution in [1.82, 2.24) is 10.2 Å². The Kier molecular flexibility index (Phi) is 5.88. The van der Waals surface area contributed by atoms with E-state index in [2.05, 4.69) is 18.4 Å². The van der Waals surface area contributed by atoms with Crippen LogP contribution in [0, 0.1) is 0 Å². The second-order valence-corrected chi connectivity index (χ2v) is 11.8. The summed E-state index contributed by atoms with van der Waals surface area (Å²) < 4.78 is 5.52. The van der Waals surface area contributed by atoms with Crippen LogP contribution >= 0.6 is 11.8 Å². The number of para-hydroxylation sites is 1. The van der Waals surface area contributed by atoms with Gasteiger partial charge in [-0.1, -0.05) is 31.3 Å². The van der Waals surface area contributed by atoms with E-state index in [0.29, 0.717) is 5.75 Å². The summed E-state index contributed by atoms with van der Waals surface area (Å²) in [6.45, 7) is 10.5. The lowest BCUT2D eigenvalue weighted by Crippen LogP contribution is -2.84. The average molecular weight is 381 g/mol. The molecule has 138 valence electrons. The van der Waals surface area contributed by atoms with Crippen molar-refractivity contribution in [3.8, 4) is 5.75 Å². The van der Waals surface area contributed by atoms with Gasteiger partial charge in [0.2, 0.25) is 0 Å². The second-order valence-electron chi connectivity index (χ2n) is 7.62. The molecular weight excluding hydrogens is 352 g/mol. The zero-order valence-electron chi connectivity index (χ0n) is 15.8. The summed E-state index contributed by atoms with van der Waals surface area (Å²) in [7, 11) is -1.23. The van der Waals surface area contributed by atoms with E-state index >= 15 is 0 Å². The quantitative estimate of drug-likeness (QED) is 0.467. The molecule has 5 nitrogen and oxygen atoms in total. The molecule has 1 aliphatic rings. The summed E-state index contributed by atoms with van der Waals surface area (Å²) in [4.78, 5) is 26.5. The normalized spacial score (nSPS) is 23.4. The van der Waals surface area contributed by atoms with E-state index < -0.39 is 13.7 Å². The van der Waals surface area contributed by atoms with E-state index in [9.17, 15) is 9.59 Å². The summed E-state index contributed by atoms with van der Waals surface area (Å²) >= 11 is 1.43. The van der Waals surface area contributed by atoms with Crippen molar-refractivity contribution in [3.63, 3.8) is 0 Å². The molecule has 1 N–H and O–H groups in total. The molecule has 1 aliphatic heterocycles. The van der Waals surface area contributed by atoms with Crippen LogP contribution in [-0.4, -0.2) is 54.4 Å². The van der Waals surface area contributed by atoms with Crippen LogP contribution in [0.1, 0.15) is 20.8 Å². The van der Waals surface area contributed by atoms with Gasteiger partial charge in [-0.15, -0.1) is 11.8 Å². The number of carbonyl (C=O) groups is 2. The van der Waals surface area contributed by atoms with Crippen molar-refractivity contribution < 1.29 is 14.3 Å². The molecule has 2 unspecified atom stereocenters. The van der Waals surface area contributed by atoms with E-state index in [0.717, 1.165) is 0 Å². The topological polar surface area (TPSA) is 58.6 Å². The maximum absolute atomic E-state index is 13.0. The highest BCUT2D eigenvalue weighted by Gasteiger charge is 2.64. The zero-order valence-corrected chi connectivity index (χ0v) is 17.8. The van der Waals surface area contributed by atoms with Crippen LogP contribution in [0.2, 0.25) is 13.1 Å². The third-order valence-electron chi connectivity index (χ3n) is 4.35. The molecule has 0 radical (unpaired) electrons. The first-order valence-corrected chi connectivity index (χ1v) is 12.7. The third kappa shape index (κ3) is 3.87. The number of benzene rings is 1. The molecule has 25 heavy (non-hydrogen) atoms. The Balaban J connectivity index is 2.11. The van der Waals surface area contributed by atoms with Crippen LogP contribution in [0.5, 0.6) is 5.75 Å². The van der Waals surface area contributed by atoms with Crippen molar-refractivity contribution in [2.24, 2.45) is 0 Å². The highest BCUT2D eigenvalue weighted by Crippen LogP contribution is 2.44. The number of thioether (sulfide) groups is 1. The predicted octanol–water partition coefficient (Wildman–Crippen LogP) is 2.28. The Bertz CT molecular complexity index is 633. The molecule has 0 spiro atoms. The molecule has 0 aliphatic carbocycles. The number of nitrogens with zero attached hydrogens (tertiary/aromatic N) is 1. The Morgan fingerprint density at radius 1 is 1.32 bits per heavy atom. The van der Waals surface area contributed by atoms with E-state index in [1.165, 1.54) is 11.8 Å². The highest BCUT2D eigenvalue weighted by atomic mass is 32.2. The van der Waals surface area contributed by atoms with Gasteiger partial charge >= 0.3 is 0 Å². The Morgan fingerprint density at radius 2 is 1.92 bits per heavy atom. The number of ether oxygens (including phenoxy) is 1. The molecular formula is C18H28N2O3SSi. The largest absolute Gasteiger partial charge is 0.484 e. The van der Waals surface area contributed by atoms with Crippen LogP contribution in [0.15, 0.2) is 30.3 Å². The minimum absolute atomic E-state index is 0.00763. The lowest BCUT2D eigenvalue weighted by atomic mass is 9.95. The van der Waals surface area contributed by atoms with Gasteiger partial charge in [0.05, 0.1) is 14.5 Å². The zero-order chi connectivity index (χ0) is 18.8. The van der Waals surface area contributed by atoms with Crippen molar-refractivity contribution in [2.45, 2.75) is 49.9 Å². The van der Waals surface area contributed by atoms with Crippen molar-refractivity contribution in [2.75, 3.05) is 12.9 Å². The molecule has 2 atom stereocenters. The fraction of sp³-hybridized carbons (Fsp3) is 0.556. The fourth-order valence-electron chi connectivity index (χ4n) is 3.33. The van der Waals surface area contributed by atoms with Crippen LogP contribution in [0.25, 0.3) is 0 Å². The number of carbonyl (C=O) groups excluding carboxylic acids is 2. The number of hydrogen-bond acceptors (Lipinski definition) is 4. The molecule has 1 fully saturated rings. The van der Waals surface area contributed by atoms with Crippen LogP contribution in [0.4, 0.5) is 0 Å². The number of hydrogen-bond donors (Lipinski definition) is 1. The van der Waals surface area contributed by atoms with Gasteiger partial charge in [0.1, 0.15) is 5.75 Å². The van der Waals surface area contributed by atoms with Crippen LogP contribution < -0.4 is 10.1 Å². The minimum Gasteiger partial charge on any atom is -0.484 e. The summed E-state index contributed by atoms with van der Waals surface area (Å²) in [6.07, 6.45) is 1.89. The molecule has 7 heteroatoms. The number of likely N-dealkylation sites (tertiary alicyclic amines) is 1. The lowest BCUT2D eigenvalue weighted by Gasteiger charge is -2.61. The molecule has 0 saturated carbocycles. The molecule has 1 saturated heterocycles. The molecule has 0 aromatic heterocycles. The summed E-state index contributed by atoms with van der Waals surface area (Å²) in [5, 5.41) is 2.98. The van der Waals surface area contributed by atoms with Gasteiger partial charge in [0.15, 0.2) is 11.5 Å².